The molecule has 1 saturated heterocycles. The van der Waals surface area contributed by atoms with Crippen molar-refractivity contribution in [2.45, 2.75) is 13.8 Å². The number of carbonyl (C=O) groups excluding carboxylic acids is 2. The lowest BCUT2D eigenvalue weighted by Crippen LogP contribution is -2.27. The molecule has 1 aromatic heterocycles. The zero-order chi connectivity index (χ0) is 20.7. The number of benzene rings is 2. The highest BCUT2D eigenvalue weighted by molar-refractivity contribution is 8.19. The molecule has 7 heteroatoms. The van der Waals surface area contributed by atoms with E-state index in [1.807, 2.05) is 44.2 Å². The Morgan fingerprint density at radius 3 is 2.00 bits per heavy atom. The minimum absolute atomic E-state index is 0.324. The first kappa shape index (κ1) is 19.8. The minimum Gasteiger partial charge on any atom is -0.318 e. The number of amides is 2. The molecule has 4 nitrogen and oxygen atoms in total. The van der Waals surface area contributed by atoms with Crippen molar-refractivity contribution >= 4 is 57.9 Å². The standard InChI is InChI=1S/C22H16Cl2N2O2S/c1-13-11-15(14(2)25(13)18-7-3-16(23)4-8-18)12-20-21(27)26(22(28)29-20)19-9-5-17(24)6-10-19/h3-12H,1-2H3/b20-12+. The Labute approximate surface area is 182 Å². The summed E-state index contributed by atoms with van der Waals surface area (Å²) < 4.78 is 2.09. The number of hydrogen-bond acceptors (Lipinski definition) is 3. The molecule has 2 amide bonds. The number of thioether (sulfide) groups is 1. The van der Waals surface area contributed by atoms with E-state index in [1.54, 1.807) is 30.3 Å². The van der Waals surface area contributed by atoms with Crippen molar-refractivity contribution in [2.24, 2.45) is 0 Å². The zero-order valence-corrected chi connectivity index (χ0v) is 18.0. The van der Waals surface area contributed by atoms with Gasteiger partial charge in [0, 0.05) is 27.1 Å². The molecule has 0 atom stereocenters. The largest absolute Gasteiger partial charge is 0.318 e. The summed E-state index contributed by atoms with van der Waals surface area (Å²) in [7, 11) is 0. The van der Waals surface area contributed by atoms with Crippen LogP contribution < -0.4 is 4.90 Å². The Kier molecular flexibility index (Phi) is 5.30. The molecule has 29 heavy (non-hydrogen) atoms. The lowest BCUT2D eigenvalue weighted by Gasteiger charge is -2.12. The van der Waals surface area contributed by atoms with Gasteiger partial charge in [-0.25, -0.2) is 4.90 Å². The summed E-state index contributed by atoms with van der Waals surface area (Å²) in [6.07, 6.45) is 1.77. The van der Waals surface area contributed by atoms with Gasteiger partial charge in [0.15, 0.2) is 0 Å². The molecular formula is C22H16Cl2N2O2S. The van der Waals surface area contributed by atoms with E-state index in [2.05, 4.69) is 4.57 Å². The van der Waals surface area contributed by atoms with Gasteiger partial charge in [0.1, 0.15) is 0 Å². The first-order chi connectivity index (χ1) is 13.8. The van der Waals surface area contributed by atoms with E-state index in [1.165, 1.54) is 4.90 Å². The molecule has 2 aromatic carbocycles. The molecular weight excluding hydrogens is 427 g/mol. The number of anilines is 1. The Hall–Kier alpha value is -2.47. The lowest BCUT2D eigenvalue weighted by molar-refractivity contribution is -0.113. The van der Waals surface area contributed by atoms with E-state index in [0.29, 0.717) is 20.6 Å². The molecule has 0 unspecified atom stereocenters. The fourth-order valence-electron chi connectivity index (χ4n) is 3.34. The average Bonchev–Trinajstić information content (AvgIpc) is 3.12. The molecule has 1 fully saturated rings. The second-order valence-corrected chi connectivity index (χ2v) is 8.50. The van der Waals surface area contributed by atoms with Crippen molar-refractivity contribution in [1.29, 1.82) is 0 Å². The van der Waals surface area contributed by atoms with Crippen LogP contribution in [0.1, 0.15) is 17.0 Å². The number of halogens is 2. The van der Waals surface area contributed by atoms with E-state index in [4.69, 9.17) is 23.2 Å². The highest BCUT2D eigenvalue weighted by atomic mass is 35.5. The van der Waals surface area contributed by atoms with E-state index >= 15 is 0 Å². The molecule has 2 heterocycles. The van der Waals surface area contributed by atoms with Gasteiger partial charge in [0.05, 0.1) is 10.6 Å². The van der Waals surface area contributed by atoms with Crippen LogP contribution in [0.4, 0.5) is 10.5 Å². The second-order valence-electron chi connectivity index (χ2n) is 6.63. The van der Waals surface area contributed by atoms with Crippen molar-refractivity contribution in [3.8, 4) is 5.69 Å². The first-order valence-electron chi connectivity index (χ1n) is 8.83. The highest BCUT2D eigenvalue weighted by Gasteiger charge is 2.36. The van der Waals surface area contributed by atoms with E-state index in [0.717, 1.165) is 34.4 Å². The van der Waals surface area contributed by atoms with Gasteiger partial charge in [-0.1, -0.05) is 23.2 Å². The molecule has 0 saturated carbocycles. The number of aromatic nitrogens is 1. The summed E-state index contributed by atoms with van der Waals surface area (Å²) in [5.41, 5.74) is 4.38. The summed E-state index contributed by atoms with van der Waals surface area (Å²) in [5.74, 6) is -0.335. The van der Waals surface area contributed by atoms with Gasteiger partial charge in [0.2, 0.25) is 0 Å². The fraction of sp³-hybridized carbons (Fsp3) is 0.0909. The molecule has 146 valence electrons. The topological polar surface area (TPSA) is 42.3 Å². The number of rotatable bonds is 3. The summed E-state index contributed by atoms with van der Waals surface area (Å²) in [4.78, 5) is 26.9. The normalized spacial score (nSPS) is 15.6. The zero-order valence-electron chi connectivity index (χ0n) is 15.6. The molecule has 1 aliphatic rings. The fourth-order valence-corrected chi connectivity index (χ4v) is 4.43. The number of aryl methyl sites for hydroxylation is 1. The van der Waals surface area contributed by atoms with E-state index in [-0.39, 0.29) is 11.1 Å². The second kappa shape index (κ2) is 7.75. The van der Waals surface area contributed by atoms with E-state index in [9.17, 15) is 9.59 Å². The van der Waals surface area contributed by atoms with Crippen LogP contribution >= 0.6 is 35.0 Å². The Morgan fingerprint density at radius 2 is 1.41 bits per heavy atom. The SMILES string of the molecule is Cc1cc(/C=C2/SC(=O)N(c3ccc(Cl)cc3)C2=O)c(C)n1-c1ccc(Cl)cc1. The van der Waals surface area contributed by atoms with Crippen molar-refractivity contribution in [1.82, 2.24) is 4.57 Å². The molecule has 0 radical (unpaired) electrons. The van der Waals surface area contributed by atoms with Gasteiger partial charge in [-0.3, -0.25) is 9.59 Å². The number of nitrogens with zero attached hydrogens (tertiary/aromatic N) is 2. The molecule has 3 aromatic rings. The predicted octanol–water partition coefficient (Wildman–Crippen LogP) is 6.64. The maximum absolute atomic E-state index is 12.9. The van der Waals surface area contributed by atoms with Crippen LogP contribution in [0.15, 0.2) is 59.5 Å². The Morgan fingerprint density at radius 1 is 0.862 bits per heavy atom. The Bertz CT molecular complexity index is 1150. The minimum atomic E-state index is -0.335. The van der Waals surface area contributed by atoms with Crippen molar-refractivity contribution in [2.75, 3.05) is 4.90 Å². The third-order valence-corrected chi connectivity index (χ3v) is 6.09. The smallest absolute Gasteiger partial charge is 0.298 e. The number of imide groups is 1. The van der Waals surface area contributed by atoms with Crippen molar-refractivity contribution in [3.63, 3.8) is 0 Å². The van der Waals surface area contributed by atoms with Crippen LogP contribution in [0.5, 0.6) is 0 Å². The summed E-state index contributed by atoms with van der Waals surface area (Å²) in [6, 6.07) is 16.2. The van der Waals surface area contributed by atoms with Gasteiger partial charge in [-0.15, -0.1) is 0 Å². The maximum atomic E-state index is 12.9. The van der Waals surface area contributed by atoms with Gasteiger partial charge in [-0.2, -0.15) is 0 Å². The van der Waals surface area contributed by atoms with Gasteiger partial charge < -0.3 is 4.57 Å². The Balaban J connectivity index is 1.69. The van der Waals surface area contributed by atoms with Gasteiger partial charge in [0.25, 0.3) is 11.1 Å². The molecule has 0 bridgehead atoms. The van der Waals surface area contributed by atoms with Gasteiger partial charge >= 0.3 is 0 Å². The first-order valence-corrected chi connectivity index (χ1v) is 10.4. The lowest BCUT2D eigenvalue weighted by atomic mass is 10.2. The third-order valence-electron chi connectivity index (χ3n) is 4.72. The molecule has 0 N–H and O–H groups in total. The summed E-state index contributed by atoms with van der Waals surface area (Å²) >= 11 is 12.8. The van der Waals surface area contributed by atoms with Crippen molar-refractivity contribution < 1.29 is 9.59 Å². The van der Waals surface area contributed by atoms with Crippen LogP contribution in [-0.4, -0.2) is 15.7 Å². The van der Waals surface area contributed by atoms with E-state index < -0.39 is 0 Å². The maximum Gasteiger partial charge on any atom is 0.298 e. The molecule has 0 aliphatic carbocycles. The van der Waals surface area contributed by atoms with Crippen molar-refractivity contribution in [3.05, 3.63) is 86.5 Å². The van der Waals surface area contributed by atoms with Crippen LogP contribution in [-0.2, 0) is 4.79 Å². The summed E-state index contributed by atoms with van der Waals surface area (Å²) in [5, 5.41) is 0.897. The van der Waals surface area contributed by atoms with Crippen LogP contribution in [0.25, 0.3) is 11.8 Å². The van der Waals surface area contributed by atoms with Crippen LogP contribution in [0.3, 0.4) is 0 Å². The monoisotopic (exact) mass is 442 g/mol. The van der Waals surface area contributed by atoms with Crippen LogP contribution in [0, 0.1) is 13.8 Å². The molecule has 0 spiro atoms. The highest BCUT2D eigenvalue weighted by Crippen LogP contribution is 2.37. The molecule has 1 aliphatic heterocycles. The van der Waals surface area contributed by atoms with Gasteiger partial charge in [-0.05, 0) is 91.8 Å². The molecule has 4 rings (SSSR count). The number of hydrogen-bond donors (Lipinski definition) is 0. The number of carbonyl (C=O) groups is 2. The quantitative estimate of drug-likeness (QED) is 0.426. The third kappa shape index (κ3) is 3.73. The van der Waals surface area contributed by atoms with Crippen LogP contribution in [0.2, 0.25) is 10.0 Å². The summed E-state index contributed by atoms with van der Waals surface area (Å²) in [6.45, 7) is 3.98. The predicted molar refractivity (Wildman–Crippen MR) is 120 cm³/mol. The average molecular weight is 443 g/mol.